The highest BCUT2D eigenvalue weighted by Crippen LogP contribution is 1.95. The summed E-state index contributed by atoms with van der Waals surface area (Å²) in [5, 5.41) is 23.0. The summed E-state index contributed by atoms with van der Waals surface area (Å²) in [7, 11) is 0. The van der Waals surface area contributed by atoms with Gasteiger partial charge in [-0.15, -0.1) is 0 Å². The van der Waals surface area contributed by atoms with Gasteiger partial charge in [-0.05, 0) is 6.07 Å². The van der Waals surface area contributed by atoms with Gasteiger partial charge in [0.05, 0.1) is 12.5 Å². The lowest BCUT2D eigenvalue weighted by molar-refractivity contribution is -0.121. The predicted molar refractivity (Wildman–Crippen MR) is 52.4 cm³/mol. The summed E-state index contributed by atoms with van der Waals surface area (Å²) in [6.45, 7) is 0.223. The number of hydrogen-bond acceptors (Lipinski definition) is 4. The van der Waals surface area contributed by atoms with Crippen LogP contribution in [0.3, 0.4) is 0 Å². The molecular formula is C9H10N4O3. The third-order valence-corrected chi connectivity index (χ3v) is 1.72. The van der Waals surface area contributed by atoms with Gasteiger partial charge in [0.15, 0.2) is 5.69 Å². The first-order valence-electron chi connectivity index (χ1n) is 4.54. The van der Waals surface area contributed by atoms with Crippen molar-refractivity contribution in [1.29, 1.82) is 5.26 Å². The molecule has 0 aliphatic carbocycles. The van der Waals surface area contributed by atoms with Crippen molar-refractivity contribution in [3.63, 3.8) is 0 Å². The Morgan fingerprint density at radius 2 is 2.38 bits per heavy atom. The normalized spacial score (nSPS) is 9.44. The van der Waals surface area contributed by atoms with E-state index in [1.165, 1.54) is 16.9 Å². The minimum Gasteiger partial charge on any atom is -0.476 e. The average Bonchev–Trinajstić information content (AvgIpc) is 2.66. The molecule has 1 aromatic heterocycles. The summed E-state index contributed by atoms with van der Waals surface area (Å²) < 4.78 is 1.23. The summed E-state index contributed by atoms with van der Waals surface area (Å²) in [5.74, 6) is -1.45. The number of nitrogens with zero attached hydrogens (tertiary/aromatic N) is 3. The SMILES string of the molecule is N#CCCNC(=O)Cn1ccc(C(=O)O)n1. The van der Waals surface area contributed by atoms with Crippen molar-refractivity contribution >= 4 is 11.9 Å². The standard InChI is InChI=1S/C9H10N4O3/c10-3-1-4-11-8(14)6-13-5-2-7(12-13)9(15)16/h2,5H,1,4,6H2,(H,11,14)(H,15,16). The van der Waals surface area contributed by atoms with Crippen LogP contribution in [0.2, 0.25) is 0 Å². The van der Waals surface area contributed by atoms with E-state index in [-0.39, 0.29) is 31.1 Å². The molecule has 0 saturated heterocycles. The fourth-order valence-corrected chi connectivity index (χ4v) is 1.02. The van der Waals surface area contributed by atoms with Crippen molar-refractivity contribution in [3.8, 4) is 6.07 Å². The Hall–Kier alpha value is -2.36. The molecule has 84 valence electrons. The molecule has 0 aromatic carbocycles. The zero-order chi connectivity index (χ0) is 12.0. The third-order valence-electron chi connectivity index (χ3n) is 1.72. The van der Waals surface area contributed by atoms with Gasteiger partial charge in [0.2, 0.25) is 5.91 Å². The number of rotatable bonds is 5. The molecule has 0 fully saturated rings. The second-order valence-electron chi connectivity index (χ2n) is 2.96. The molecule has 1 aromatic rings. The molecule has 7 nitrogen and oxygen atoms in total. The molecule has 0 atom stereocenters. The number of aromatic carboxylic acids is 1. The monoisotopic (exact) mass is 222 g/mol. The molecule has 0 aliphatic rings. The zero-order valence-corrected chi connectivity index (χ0v) is 8.38. The molecule has 1 rings (SSSR count). The number of nitriles is 1. The lowest BCUT2D eigenvalue weighted by Crippen LogP contribution is -2.28. The van der Waals surface area contributed by atoms with E-state index in [0.29, 0.717) is 0 Å². The van der Waals surface area contributed by atoms with Gasteiger partial charge >= 0.3 is 5.97 Å². The molecule has 0 spiro atoms. The highest BCUT2D eigenvalue weighted by atomic mass is 16.4. The summed E-state index contributed by atoms with van der Waals surface area (Å²) in [5.41, 5.74) is -0.107. The van der Waals surface area contributed by atoms with Crippen molar-refractivity contribution in [2.45, 2.75) is 13.0 Å². The second-order valence-corrected chi connectivity index (χ2v) is 2.96. The van der Waals surface area contributed by atoms with Crippen LogP contribution >= 0.6 is 0 Å². The molecule has 7 heteroatoms. The third kappa shape index (κ3) is 3.42. The lowest BCUT2D eigenvalue weighted by atomic mass is 10.4. The molecule has 1 heterocycles. The van der Waals surface area contributed by atoms with E-state index in [9.17, 15) is 9.59 Å². The van der Waals surface area contributed by atoms with E-state index in [4.69, 9.17) is 10.4 Å². The summed E-state index contributed by atoms with van der Waals surface area (Å²) in [6, 6.07) is 3.20. The van der Waals surface area contributed by atoms with Crippen LogP contribution in [0.4, 0.5) is 0 Å². The quantitative estimate of drug-likeness (QED) is 0.659. The average molecular weight is 222 g/mol. The first kappa shape index (κ1) is 11.7. The summed E-state index contributed by atoms with van der Waals surface area (Å²) in [4.78, 5) is 21.7. The van der Waals surface area contributed by atoms with Gasteiger partial charge in [-0.25, -0.2) is 4.79 Å². The first-order valence-corrected chi connectivity index (χ1v) is 4.54. The largest absolute Gasteiger partial charge is 0.476 e. The van der Waals surface area contributed by atoms with Gasteiger partial charge in [-0.1, -0.05) is 0 Å². The van der Waals surface area contributed by atoms with Gasteiger partial charge in [0, 0.05) is 12.7 Å². The fraction of sp³-hybridized carbons (Fsp3) is 0.333. The van der Waals surface area contributed by atoms with E-state index in [1.807, 2.05) is 6.07 Å². The van der Waals surface area contributed by atoms with Crippen molar-refractivity contribution in [3.05, 3.63) is 18.0 Å². The Kier molecular flexibility index (Phi) is 4.03. The van der Waals surface area contributed by atoms with Crippen molar-refractivity contribution in [2.24, 2.45) is 0 Å². The maximum atomic E-state index is 11.2. The Balaban J connectivity index is 2.44. The minimum absolute atomic E-state index is 0.0568. The molecule has 2 N–H and O–H groups in total. The number of carbonyl (C=O) groups excluding carboxylic acids is 1. The topological polar surface area (TPSA) is 108 Å². The number of aromatic nitrogens is 2. The highest BCUT2D eigenvalue weighted by molar-refractivity contribution is 5.85. The fourth-order valence-electron chi connectivity index (χ4n) is 1.02. The van der Waals surface area contributed by atoms with Gasteiger partial charge in [-0.2, -0.15) is 10.4 Å². The summed E-state index contributed by atoms with van der Waals surface area (Å²) in [6.07, 6.45) is 1.65. The number of amides is 1. The van der Waals surface area contributed by atoms with Crippen LogP contribution in [0.5, 0.6) is 0 Å². The van der Waals surface area contributed by atoms with Gasteiger partial charge in [0.1, 0.15) is 6.54 Å². The van der Waals surface area contributed by atoms with Gasteiger partial charge < -0.3 is 10.4 Å². The number of hydrogen-bond donors (Lipinski definition) is 2. The highest BCUT2D eigenvalue weighted by Gasteiger charge is 2.08. The first-order chi connectivity index (χ1) is 7.63. The van der Waals surface area contributed by atoms with Gasteiger partial charge in [-0.3, -0.25) is 9.48 Å². The number of nitrogens with one attached hydrogen (secondary N) is 1. The van der Waals surface area contributed by atoms with E-state index in [0.717, 1.165) is 0 Å². The zero-order valence-electron chi connectivity index (χ0n) is 8.38. The van der Waals surface area contributed by atoms with E-state index < -0.39 is 5.97 Å². The maximum Gasteiger partial charge on any atom is 0.356 e. The summed E-state index contributed by atoms with van der Waals surface area (Å²) >= 11 is 0. The Morgan fingerprint density at radius 3 is 2.94 bits per heavy atom. The van der Waals surface area contributed by atoms with Crippen molar-refractivity contribution in [1.82, 2.24) is 15.1 Å². The minimum atomic E-state index is -1.14. The van der Waals surface area contributed by atoms with Crippen LogP contribution in [0.15, 0.2) is 12.3 Å². The molecule has 0 unspecified atom stereocenters. The van der Waals surface area contributed by atoms with Crippen LogP contribution in [0.25, 0.3) is 0 Å². The van der Waals surface area contributed by atoms with Crippen molar-refractivity contribution < 1.29 is 14.7 Å². The number of carboxylic acid groups (broad SMARTS) is 1. The van der Waals surface area contributed by atoms with E-state index >= 15 is 0 Å². The molecule has 0 bridgehead atoms. The number of carboxylic acids is 1. The van der Waals surface area contributed by atoms with Crippen LogP contribution < -0.4 is 5.32 Å². The predicted octanol–water partition coefficient (Wildman–Crippen LogP) is -0.389. The second kappa shape index (κ2) is 5.50. The Bertz CT molecular complexity index is 432. The molecule has 1 amide bonds. The maximum absolute atomic E-state index is 11.2. The van der Waals surface area contributed by atoms with Crippen LogP contribution in [-0.4, -0.2) is 33.3 Å². The molecular weight excluding hydrogens is 212 g/mol. The van der Waals surface area contributed by atoms with Crippen LogP contribution in [-0.2, 0) is 11.3 Å². The van der Waals surface area contributed by atoms with Crippen LogP contribution in [0.1, 0.15) is 16.9 Å². The van der Waals surface area contributed by atoms with E-state index in [2.05, 4.69) is 10.4 Å². The lowest BCUT2D eigenvalue weighted by Gasteiger charge is -2.02. The number of carbonyl (C=O) groups is 2. The Labute approximate surface area is 91.3 Å². The molecule has 0 radical (unpaired) electrons. The van der Waals surface area contributed by atoms with E-state index in [1.54, 1.807) is 0 Å². The molecule has 16 heavy (non-hydrogen) atoms. The van der Waals surface area contributed by atoms with Crippen molar-refractivity contribution in [2.75, 3.05) is 6.54 Å². The smallest absolute Gasteiger partial charge is 0.356 e. The van der Waals surface area contributed by atoms with Crippen LogP contribution in [0, 0.1) is 11.3 Å². The molecule has 0 aliphatic heterocycles. The molecule has 0 saturated carbocycles. The van der Waals surface area contributed by atoms with Gasteiger partial charge in [0.25, 0.3) is 0 Å². The Morgan fingerprint density at radius 1 is 1.62 bits per heavy atom.